The van der Waals surface area contributed by atoms with Gasteiger partial charge in [0.2, 0.25) is 0 Å². The summed E-state index contributed by atoms with van der Waals surface area (Å²) in [6.07, 6.45) is 1.73. The number of carbonyl (C=O) groups excluding carboxylic acids is 1. The number of fused-ring (bicyclic) bond motifs is 1. The van der Waals surface area contributed by atoms with Gasteiger partial charge < -0.3 is 19.5 Å². The molecule has 1 amide bonds. The lowest BCUT2D eigenvalue weighted by Crippen LogP contribution is -2.40. The number of benzene rings is 3. The van der Waals surface area contributed by atoms with Gasteiger partial charge in [0.25, 0.3) is 11.5 Å². The van der Waals surface area contributed by atoms with Crippen LogP contribution in [-0.4, -0.2) is 31.8 Å². The Bertz CT molecular complexity index is 1810. The van der Waals surface area contributed by atoms with Gasteiger partial charge in [-0.15, -0.1) is 0 Å². The Morgan fingerprint density at radius 1 is 1.02 bits per heavy atom. The van der Waals surface area contributed by atoms with Crippen molar-refractivity contribution in [3.63, 3.8) is 0 Å². The molecular formula is C30H26ClN3O5S. The average molecular weight is 576 g/mol. The molecule has 40 heavy (non-hydrogen) atoms. The third-order valence-electron chi connectivity index (χ3n) is 6.46. The minimum atomic E-state index is -0.730. The summed E-state index contributed by atoms with van der Waals surface area (Å²) in [7, 11) is 4.60. The van der Waals surface area contributed by atoms with Crippen LogP contribution in [0, 0.1) is 0 Å². The van der Waals surface area contributed by atoms with E-state index in [0.29, 0.717) is 59.7 Å². The molecule has 0 saturated heterocycles. The molecule has 204 valence electrons. The van der Waals surface area contributed by atoms with Crippen LogP contribution in [0.4, 0.5) is 5.69 Å². The number of anilines is 1. The fourth-order valence-corrected chi connectivity index (χ4v) is 5.97. The summed E-state index contributed by atoms with van der Waals surface area (Å²) in [5, 5.41) is 3.30. The summed E-state index contributed by atoms with van der Waals surface area (Å²) < 4.78 is 18.2. The topological polar surface area (TPSA) is 91.2 Å². The smallest absolute Gasteiger partial charge is 0.271 e. The van der Waals surface area contributed by atoms with E-state index in [1.54, 1.807) is 48.9 Å². The molecule has 1 atom stereocenters. The molecule has 10 heteroatoms. The van der Waals surface area contributed by atoms with E-state index in [9.17, 15) is 9.59 Å². The lowest BCUT2D eigenvalue weighted by atomic mass is 9.95. The number of para-hydroxylation sites is 1. The van der Waals surface area contributed by atoms with E-state index in [-0.39, 0.29) is 11.5 Å². The van der Waals surface area contributed by atoms with E-state index < -0.39 is 6.04 Å². The minimum Gasteiger partial charge on any atom is -0.497 e. The Morgan fingerprint density at radius 3 is 2.50 bits per heavy atom. The van der Waals surface area contributed by atoms with Crippen LogP contribution in [-0.2, 0) is 4.79 Å². The highest BCUT2D eigenvalue weighted by Crippen LogP contribution is 2.36. The molecule has 1 aliphatic rings. The fraction of sp³-hybridized carbons (Fsp3) is 0.167. The summed E-state index contributed by atoms with van der Waals surface area (Å²) in [5.41, 5.74) is 2.60. The summed E-state index contributed by atoms with van der Waals surface area (Å²) in [6, 6.07) is 19.2. The maximum atomic E-state index is 14.0. The predicted octanol–water partition coefficient (Wildman–Crippen LogP) is 4.55. The summed E-state index contributed by atoms with van der Waals surface area (Å²) >= 11 is 7.64. The standard InChI is InChI=1S/C30H26ClN3O5S/c1-17-25(28(35)33-20-10-6-5-7-11-20)26(19-9-8-12-21(16-19)37-2)34-29(36)24(40-30(34)32-17)15-18-13-22(31)27(39-4)23(14-18)38-3/h5-16,26H,1-4H3,(H,33,35)/b24-15-/t26-/m0/s1. The average Bonchev–Trinajstić information content (AvgIpc) is 3.26. The maximum absolute atomic E-state index is 14.0. The van der Waals surface area contributed by atoms with Crippen LogP contribution in [0.1, 0.15) is 24.1 Å². The fourth-order valence-electron chi connectivity index (χ4n) is 4.63. The van der Waals surface area contributed by atoms with Crippen molar-refractivity contribution in [3.05, 3.63) is 114 Å². The summed E-state index contributed by atoms with van der Waals surface area (Å²) in [6.45, 7) is 1.78. The number of ether oxygens (including phenoxy) is 3. The molecule has 0 fully saturated rings. The van der Waals surface area contributed by atoms with Gasteiger partial charge in [-0.1, -0.05) is 53.3 Å². The second-order valence-corrected chi connectivity index (χ2v) is 10.3. The van der Waals surface area contributed by atoms with Crippen LogP contribution < -0.4 is 34.4 Å². The molecule has 0 saturated carbocycles. The van der Waals surface area contributed by atoms with Gasteiger partial charge in [-0.2, -0.15) is 0 Å². The number of thiazole rings is 1. The van der Waals surface area contributed by atoms with Crippen molar-refractivity contribution >= 4 is 40.6 Å². The largest absolute Gasteiger partial charge is 0.497 e. The first kappa shape index (κ1) is 27.2. The Morgan fingerprint density at radius 2 is 1.80 bits per heavy atom. The van der Waals surface area contributed by atoms with Crippen LogP contribution in [0.25, 0.3) is 6.08 Å². The van der Waals surface area contributed by atoms with Crippen molar-refractivity contribution in [3.8, 4) is 17.2 Å². The Labute approximate surface area is 239 Å². The lowest BCUT2D eigenvalue weighted by Gasteiger charge is -2.25. The molecule has 1 aromatic heterocycles. The van der Waals surface area contributed by atoms with Gasteiger partial charge in [-0.3, -0.25) is 14.2 Å². The second kappa shape index (κ2) is 11.4. The highest BCUT2D eigenvalue weighted by molar-refractivity contribution is 7.07. The van der Waals surface area contributed by atoms with Crippen molar-refractivity contribution in [1.29, 1.82) is 0 Å². The molecule has 5 rings (SSSR count). The molecule has 0 aliphatic carbocycles. The van der Waals surface area contributed by atoms with Gasteiger partial charge in [-0.05, 0) is 60.5 Å². The zero-order chi connectivity index (χ0) is 28.4. The van der Waals surface area contributed by atoms with Crippen LogP contribution in [0.5, 0.6) is 17.2 Å². The minimum absolute atomic E-state index is 0.292. The van der Waals surface area contributed by atoms with Gasteiger partial charge in [0.1, 0.15) is 5.75 Å². The van der Waals surface area contributed by atoms with Crippen LogP contribution >= 0.6 is 22.9 Å². The number of methoxy groups -OCH3 is 3. The van der Waals surface area contributed by atoms with Crippen molar-refractivity contribution in [2.75, 3.05) is 26.6 Å². The highest BCUT2D eigenvalue weighted by Gasteiger charge is 2.32. The summed E-state index contributed by atoms with van der Waals surface area (Å²) in [4.78, 5) is 32.8. The van der Waals surface area contributed by atoms with Crippen molar-refractivity contribution in [2.45, 2.75) is 13.0 Å². The van der Waals surface area contributed by atoms with Crippen molar-refractivity contribution in [1.82, 2.24) is 4.57 Å². The second-order valence-electron chi connectivity index (χ2n) is 8.92. The molecule has 0 bridgehead atoms. The monoisotopic (exact) mass is 575 g/mol. The van der Waals surface area contributed by atoms with Crippen LogP contribution in [0.15, 0.2) is 87.8 Å². The number of halogens is 1. The number of amides is 1. The molecule has 3 aromatic carbocycles. The zero-order valence-corrected chi connectivity index (χ0v) is 23.8. The van der Waals surface area contributed by atoms with E-state index in [1.165, 1.54) is 25.6 Å². The molecule has 4 aromatic rings. The molecule has 0 radical (unpaired) electrons. The SMILES string of the molecule is COc1cccc([C@H]2C(C(=O)Nc3ccccc3)=C(C)N=c3s/c(=C\c4cc(Cl)c(OC)c(OC)c4)c(=O)n32)c1. The number of allylic oxidation sites excluding steroid dienone is 1. The number of hydrogen-bond acceptors (Lipinski definition) is 7. The first-order valence-corrected chi connectivity index (χ1v) is 13.5. The molecular weight excluding hydrogens is 550 g/mol. The van der Waals surface area contributed by atoms with E-state index in [0.717, 1.165) is 0 Å². The summed E-state index contributed by atoms with van der Waals surface area (Å²) in [5.74, 6) is 1.11. The first-order chi connectivity index (χ1) is 19.3. The number of nitrogens with zero attached hydrogens (tertiary/aromatic N) is 2. The van der Waals surface area contributed by atoms with Gasteiger partial charge in [0.15, 0.2) is 16.3 Å². The third kappa shape index (κ3) is 5.13. The number of hydrogen-bond donors (Lipinski definition) is 1. The normalized spacial score (nSPS) is 14.8. The van der Waals surface area contributed by atoms with E-state index in [1.807, 2.05) is 42.5 Å². The van der Waals surface area contributed by atoms with Gasteiger partial charge >= 0.3 is 0 Å². The molecule has 1 aliphatic heterocycles. The molecule has 0 spiro atoms. The Hall–Kier alpha value is -4.34. The Balaban J connectivity index is 1.69. The molecule has 0 unspecified atom stereocenters. The van der Waals surface area contributed by atoms with Crippen LogP contribution in [0.2, 0.25) is 5.02 Å². The van der Waals surface area contributed by atoms with Crippen molar-refractivity contribution in [2.24, 2.45) is 4.99 Å². The molecule has 1 N–H and O–H groups in total. The number of nitrogens with one attached hydrogen (secondary N) is 1. The predicted molar refractivity (Wildman–Crippen MR) is 156 cm³/mol. The van der Waals surface area contributed by atoms with E-state index in [4.69, 9.17) is 25.8 Å². The number of carbonyl (C=O) groups is 1. The van der Waals surface area contributed by atoms with Crippen molar-refractivity contribution < 1.29 is 19.0 Å². The Kier molecular flexibility index (Phi) is 7.77. The van der Waals surface area contributed by atoms with Gasteiger partial charge in [0, 0.05) is 5.69 Å². The quantitative estimate of drug-likeness (QED) is 0.349. The van der Waals surface area contributed by atoms with Gasteiger partial charge in [0.05, 0.1) is 48.2 Å². The van der Waals surface area contributed by atoms with E-state index in [2.05, 4.69) is 10.3 Å². The number of aromatic nitrogens is 1. The zero-order valence-electron chi connectivity index (χ0n) is 22.2. The third-order valence-corrected chi connectivity index (χ3v) is 7.72. The maximum Gasteiger partial charge on any atom is 0.271 e. The molecule has 2 heterocycles. The first-order valence-electron chi connectivity index (χ1n) is 12.3. The van der Waals surface area contributed by atoms with Crippen LogP contribution in [0.3, 0.4) is 0 Å². The molecule has 8 nitrogen and oxygen atoms in total. The van der Waals surface area contributed by atoms with E-state index >= 15 is 0 Å². The lowest BCUT2D eigenvalue weighted by molar-refractivity contribution is -0.113. The highest BCUT2D eigenvalue weighted by atomic mass is 35.5. The number of rotatable bonds is 7. The van der Waals surface area contributed by atoms with Gasteiger partial charge in [-0.25, -0.2) is 4.99 Å².